The number of benzene rings is 3. The lowest BCUT2D eigenvalue weighted by molar-refractivity contribution is -0.123. The summed E-state index contributed by atoms with van der Waals surface area (Å²) in [5, 5.41) is 3.58. The minimum atomic E-state index is -0.164. The van der Waals surface area contributed by atoms with Gasteiger partial charge >= 0.3 is 0 Å². The van der Waals surface area contributed by atoms with Crippen LogP contribution in [0.15, 0.2) is 78.9 Å². The number of carbonyl (C=O) groups excluding carboxylic acids is 1. The van der Waals surface area contributed by atoms with Gasteiger partial charge < -0.3 is 19.4 Å². The fraction of sp³-hybridized carbons (Fsp3) is 0.200. The zero-order valence-electron chi connectivity index (χ0n) is 17.5. The number of hydrogen-bond acceptors (Lipinski definition) is 4. The number of nitrogens with zero attached hydrogens (tertiary/aromatic N) is 2. The topological polar surface area (TPSA) is 65.4 Å². The second-order valence-electron chi connectivity index (χ2n) is 7.17. The fourth-order valence-electron chi connectivity index (χ4n) is 3.38. The Balaban J connectivity index is 1.33. The average molecular weight is 450 g/mol. The van der Waals surface area contributed by atoms with Gasteiger partial charge in [0, 0.05) is 18.0 Å². The highest BCUT2D eigenvalue weighted by molar-refractivity contribution is 6.30. The molecule has 32 heavy (non-hydrogen) atoms. The molecule has 164 valence electrons. The Morgan fingerprint density at radius 1 is 0.906 bits per heavy atom. The molecule has 1 amide bonds. The summed E-state index contributed by atoms with van der Waals surface area (Å²) in [7, 11) is 0. The molecule has 1 heterocycles. The van der Waals surface area contributed by atoms with Crippen molar-refractivity contribution in [1.82, 2.24) is 14.9 Å². The van der Waals surface area contributed by atoms with Crippen molar-refractivity contribution in [2.75, 3.05) is 19.8 Å². The second-order valence-corrected chi connectivity index (χ2v) is 7.61. The molecular weight excluding hydrogens is 426 g/mol. The summed E-state index contributed by atoms with van der Waals surface area (Å²) in [4.78, 5) is 16.9. The minimum Gasteiger partial charge on any atom is -0.492 e. The molecule has 0 bridgehead atoms. The highest BCUT2D eigenvalue weighted by atomic mass is 35.5. The highest BCUT2D eigenvalue weighted by Gasteiger charge is 2.11. The number of rotatable bonds is 10. The predicted octanol–water partition coefficient (Wildman–Crippen LogP) is 4.51. The molecule has 1 N–H and O–H groups in total. The van der Waals surface area contributed by atoms with Crippen LogP contribution < -0.4 is 14.8 Å². The van der Waals surface area contributed by atoms with E-state index in [2.05, 4.69) is 9.88 Å². The second kappa shape index (κ2) is 10.7. The quantitative estimate of drug-likeness (QED) is 0.387. The Kier molecular flexibility index (Phi) is 7.25. The molecule has 0 aliphatic carbocycles. The van der Waals surface area contributed by atoms with Gasteiger partial charge in [-0.25, -0.2) is 4.98 Å². The molecule has 0 spiro atoms. The van der Waals surface area contributed by atoms with Crippen molar-refractivity contribution in [2.24, 2.45) is 0 Å². The van der Waals surface area contributed by atoms with Gasteiger partial charge in [-0.3, -0.25) is 4.79 Å². The summed E-state index contributed by atoms with van der Waals surface area (Å²) >= 11 is 5.93. The van der Waals surface area contributed by atoms with Crippen molar-refractivity contribution in [3.05, 3.63) is 89.7 Å². The van der Waals surface area contributed by atoms with Crippen LogP contribution in [0.2, 0.25) is 5.02 Å². The van der Waals surface area contributed by atoms with E-state index in [1.807, 2.05) is 66.7 Å². The van der Waals surface area contributed by atoms with E-state index in [9.17, 15) is 4.79 Å². The summed E-state index contributed by atoms with van der Waals surface area (Å²) in [5.41, 5.74) is 1.97. The third kappa shape index (κ3) is 5.80. The maximum absolute atomic E-state index is 12.1. The normalized spacial score (nSPS) is 10.8. The van der Waals surface area contributed by atoms with Crippen molar-refractivity contribution >= 4 is 28.5 Å². The van der Waals surface area contributed by atoms with Crippen LogP contribution in [0.5, 0.6) is 11.5 Å². The summed E-state index contributed by atoms with van der Waals surface area (Å²) in [6.07, 6.45) is 0.604. The summed E-state index contributed by atoms with van der Waals surface area (Å²) in [6.45, 7) is 1.59. The van der Waals surface area contributed by atoms with Crippen LogP contribution in [0.3, 0.4) is 0 Å². The molecule has 0 saturated carbocycles. The molecule has 1 aromatic heterocycles. The molecule has 3 aromatic carbocycles. The number of amides is 1. The molecule has 0 atom stereocenters. The third-order valence-electron chi connectivity index (χ3n) is 4.91. The van der Waals surface area contributed by atoms with E-state index < -0.39 is 0 Å². The number of fused-ring (bicyclic) bond motifs is 1. The van der Waals surface area contributed by atoms with E-state index in [0.717, 1.165) is 22.6 Å². The van der Waals surface area contributed by atoms with E-state index >= 15 is 0 Å². The van der Waals surface area contributed by atoms with Crippen LogP contribution in [0.4, 0.5) is 0 Å². The number of halogens is 1. The number of carbonyl (C=O) groups is 1. The van der Waals surface area contributed by atoms with Crippen LogP contribution in [-0.2, 0) is 17.8 Å². The average Bonchev–Trinajstić information content (AvgIpc) is 3.17. The number of imidazole rings is 1. The molecule has 4 aromatic rings. The molecule has 0 fully saturated rings. The standard InChI is InChI=1S/C25H24ClN3O3/c26-19-10-12-21(13-11-19)31-17-16-29-23-9-5-4-8-22(23)28-24(29)14-15-27-25(30)18-32-20-6-2-1-3-7-20/h1-13H,14-18H2,(H,27,30). The Labute approximate surface area is 191 Å². The van der Waals surface area contributed by atoms with Crippen molar-refractivity contribution < 1.29 is 14.3 Å². The monoisotopic (exact) mass is 449 g/mol. The van der Waals surface area contributed by atoms with Gasteiger partial charge in [-0.05, 0) is 48.5 Å². The molecule has 0 radical (unpaired) electrons. The third-order valence-corrected chi connectivity index (χ3v) is 5.17. The van der Waals surface area contributed by atoms with Gasteiger partial charge in [-0.2, -0.15) is 0 Å². The molecular formula is C25H24ClN3O3. The Bertz CT molecular complexity index is 1160. The predicted molar refractivity (Wildman–Crippen MR) is 125 cm³/mol. The number of aromatic nitrogens is 2. The Morgan fingerprint density at radius 3 is 2.44 bits per heavy atom. The molecule has 7 heteroatoms. The Morgan fingerprint density at radius 2 is 1.62 bits per heavy atom. The molecule has 0 aliphatic heterocycles. The van der Waals surface area contributed by atoms with E-state index in [0.29, 0.717) is 36.9 Å². The van der Waals surface area contributed by atoms with Gasteiger partial charge in [0.1, 0.15) is 23.9 Å². The lowest BCUT2D eigenvalue weighted by atomic mass is 10.3. The van der Waals surface area contributed by atoms with Crippen LogP contribution in [-0.4, -0.2) is 35.2 Å². The van der Waals surface area contributed by atoms with Crippen molar-refractivity contribution in [3.8, 4) is 11.5 Å². The maximum Gasteiger partial charge on any atom is 0.257 e. The van der Waals surface area contributed by atoms with Crippen molar-refractivity contribution in [2.45, 2.75) is 13.0 Å². The lowest BCUT2D eigenvalue weighted by Crippen LogP contribution is -2.31. The first-order valence-electron chi connectivity index (χ1n) is 10.5. The van der Waals surface area contributed by atoms with Gasteiger partial charge in [0.15, 0.2) is 6.61 Å². The fourth-order valence-corrected chi connectivity index (χ4v) is 3.51. The SMILES string of the molecule is O=C(COc1ccccc1)NCCc1nc2ccccc2n1CCOc1ccc(Cl)cc1. The molecule has 0 aliphatic rings. The van der Waals surface area contributed by atoms with Gasteiger partial charge in [0.2, 0.25) is 0 Å². The number of para-hydroxylation sites is 3. The van der Waals surface area contributed by atoms with Crippen molar-refractivity contribution in [3.63, 3.8) is 0 Å². The van der Waals surface area contributed by atoms with Crippen molar-refractivity contribution in [1.29, 1.82) is 0 Å². The summed E-state index contributed by atoms with van der Waals surface area (Å²) in [6, 6.07) is 24.6. The first kappa shape index (κ1) is 21.7. The van der Waals surface area contributed by atoms with Crippen LogP contribution in [0.25, 0.3) is 11.0 Å². The molecule has 4 rings (SSSR count). The minimum absolute atomic E-state index is 0.0185. The lowest BCUT2D eigenvalue weighted by Gasteiger charge is -2.12. The number of ether oxygens (including phenoxy) is 2. The Hall–Kier alpha value is -3.51. The van der Waals surface area contributed by atoms with E-state index in [1.165, 1.54) is 0 Å². The molecule has 0 saturated heterocycles. The number of hydrogen-bond donors (Lipinski definition) is 1. The maximum atomic E-state index is 12.1. The van der Waals surface area contributed by atoms with E-state index in [-0.39, 0.29) is 12.5 Å². The van der Waals surface area contributed by atoms with Gasteiger partial charge in [-0.1, -0.05) is 41.9 Å². The molecule has 6 nitrogen and oxygen atoms in total. The van der Waals surface area contributed by atoms with E-state index in [4.69, 9.17) is 26.1 Å². The van der Waals surface area contributed by atoms with E-state index in [1.54, 1.807) is 12.1 Å². The highest BCUT2D eigenvalue weighted by Crippen LogP contribution is 2.18. The van der Waals surface area contributed by atoms with Gasteiger partial charge in [-0.15, -0.1) is 0 Å². The summed E-state index contributed by atoms with van der Waals surface area (Å²) in [5.74, 6) is 2.17. The zero-order chi connectivity index (χ0) is 22.2. The first-order chi connectivity index (χ1) is 15.7. The van der Waals surface area contributed by atoms with Crippen LogP contribution in [0.1, 0.15) is 5.82 Å². The van der Waals surface area contributed by atoms with Crippen LogP contribution >= 0.6 is 11.6 Å². The van der Waals surface area contributed by atoms with Crippen LogP contribution in [0, 0.1) is 0 Å². The van der Waals surface area contributed by atoms with Gasteiger partial charge in [0.25, 0.3) is 5.91 Å². The first-order valence-corrected chi connectivity index (χ1v) is 10.8. The smallest absolute Gasteiger partial charge is 0.257 e. The summed E-state index contributed by atoms with van der Waals surface area (Å²) < 4.78 is 13.5. The zero-order valence-corrected chi connectivity index (χ0v) is 18.3. The largest absolute Gasteiger partial charge is 0.492 e. The number of nitrogens with one attached hydrogen (secondary N) is 1. The van der Waals surface area contributed by atoms with Gasteiger partial charge in [0.05, 0.1) is 17.6 Å². The molecule has 0 unspecified atom stereocenters.